The Kier molecular flexibility index (Phi) is 5.09. The van der Waals surface area contributed by atoms with E-state index in [1.165, 1.54) is 13.2 Å². The van der Waals surface area contributed by atoms with Crippen LogP contribution in [0.2, 0.25) is 0 Å². The van der Waals surface area contributed by atoms with E-state index >= 15 is 0 Å². The molecule has 2 rings (SSSR count). The molecule has 118 valence electrons. The first kappa shape index (κ1) is 16.2. The normalized spacial score (nSPS) is 10.5. The summed E-state index contributed by atoms with van der Waals surface area (Å²) >= 11 is 0. The quantitative estimate of drug-likeness (QED) is 0.831. The molecule has 0 aliphatic carbocycles. The summed E-state index contributed by atoms with van der Waals surface area (Å²) in [5, 5.41) is 11.9. The summed E-state index contributed by atoms with van der Waals surface area (Å²) in [5.41, 5.74) is 1.24. The van der Waals surface area contributed by atoms with Gasteiger partial charge in [0.05, 0.1) is 18.4 Å². The first-order valence-electron chi connectivity index (χ1n) is 6.80. The summed E-state index contributed by atoms with van der Waals surface area (Å²) in [4.78, 5) is 27.5. The maximum Gasteiger partial charge on any atom is 0.337 e. The number of carbonyl (C=O) groups excluding carboxylic acids is 1. The van der Waals surface area contributed by atoms with E-state index in [-0.39, 0.29) is 11.3 Å². The summed E-state index contributed by atoms with van der Waals surface area (Å²) in [6.45, 7) is 0. The second kappa shape index (κ2) is 7.22. The molecule has 0 atom stereocenters. The Morgan fingerprint density at radius 2 is 2.00 bits per heavy atom. The van der Waals surface area contributed by atoms with E-state index in [9.17, 15) is 14.7 Å². The number of methoxy groups -OCH3 is 1. The van der Waals surface area contributed by atoms with Crippen molar-refractivity contribution in [2.45, 2.75) is 0 Å². The minimum Gasteiger partial charge on any atom is -0.497 e. The number of nitrogens with one attached hydrogen (secondary N) is 1. The largest absolute Gasteiger partial charge is 0.497 e. The van der Waals surface area contributed by atoms with Crippen molar-refractivity contribution in [3.05, 3.63) is 59.2 Å². The predicted octanol–water partition coefficient (Wildman–Crippen LogP) is 2.69. The summed E-state index contributed by atoms with van der Waals surface area (Å²) in [6, 6.07) is 11.3. The van der Waals surface area contributed by atoms with Crippen LogP contribution in [0.25, 0.3) is 0 Å². The standard InChI is InChI=1S/C17H16N2O4/c1-18-10-11-6-7-15(14(8-11)17(21)22)19-16(20)12-4-3-5-13(9-12)23-2/h3-10H,1-2H3,(H,19,20)(H,21,22). The van der Waals surface area contributed by atoms with Gasteiger partial charge in [-0.3, -0.25) is 9.79 Å². The molecule has 2 aromatic rings. The lowest BCUT2D eigenvalue weighted by molar-refractivity contribution is 0.0698. The Morgan fingerprint density at radius 3 is 2.65 bits per heavy atom. The number of benzene rings is 2. The third-order valence-electron chi connectivity index (χ3n) is 3.13. The van der Waals surface area contributed by atoms with Gasteiger partial charge in [-0.15, -0.1) is 0 Å². The maximum absolute atomic E-state index is 12.3. The Balaban J connectivity index is 2.31. The van der Waals surface area contributed by atoms with E-state index in [1.54, 1.807) is 49.7 Å². The first-order valence-corrected chi connectivity index (χ1v) is 6.80. The molecule has 0 spiro atoms. The predicted molar refractivity (Wildman–Crippen MR) is 87.9 cm³/mol. The fourth-order valence-electron chi connectivity index (χ4n) is 2.04. The SMILES string of the molecule is CN=Cc1ccc(NC(=O)c2cccc(OC)c2)c(C(=O)O)c1. The van der Waals surface area contributed by atoms with Gasteiger partial charge in [0.1, 0.15) is 5.75 Å². The number of aliphatic imine (C=N–C) groups is 1. The van der Waals surface area contributed by atoms with Gasteiger partial charge < -0.3 is 15.2 Å². The van der Waals surface area contributed by atoms with Gasteiger partial charge in [0.2, 0.25) is 0 Å². The monoisotopic (exact) mass is 312 g/mol. The molecule has 1 amide bonds. The van der Waals surface area contributed by atoms with Crippen LogP contribution in [0, 0.1) is 0 Å². The van der Waals surface area contributed by atoms with Crippen LogP contribution >= 0.6 is 0 Å². The van der Waals surface area contributed by atoms with Crippen LogP contribution < -0.4 is 10.1 Å². The van der Waals surface area contributed by atoms with Crippen LogP contribution in [0.1, 0.15) is 26.3 Å². The van der Waals surface area contributed by atoms with Crippen LogP contribution in [0.4, 0.5) is 5.69 Å². The smallest absolute Gasteiger partial charge is 0.337 e. The number of carboxylic acid groups (broad SMARTS) is 1. The molecular weight excluding hydrogens is 296 g/mol. The molecule has 0 unspecified atom stereocenters. The molecule has 0 aliphatic rings. The van der Waals surface area contributed by atoms with Crippen LogP contribution in [0.3, 0.4) is 0 Å². The Bertz CT molecular complexity index is 769. The molecule has 0 heterocycles. The minimum atomic E-state index is -1.13. The number of carbonyl (C=O) groups is 2. The molecule has 0 bridgehead atoms. The summed E-state index contributed by atoms with van der Waals surface area (Å²) < 4.78 is 5.07. The van der Waals surface area contributed by atoms with Crippen LogP contribution in [0.15, 0.2) is 47.5 Å². The number of hydrogen-bond acceptors (Lipinski definition) is 4. The Labute approximate surface area is 133 Å². The lowest BCUT2D eigenvalue weighted by atomic mass is 10.1. The highest BCUT2D eigenvalue weighted by Crippen LogP contribution is 2.19. The van der Waals surface area contributed by atoms with Gasteiger partial charge >= 0.3 is 5.97 Å². The molecule has 6 heteroatoms. The van der Waals surface area contributed by atoms with Gasteiger partial charge in [0.25, 0.3) is 5.91 Å². The van der Waals surface area contributed by atoms with Crippen molar-refractivity contribution >= 4 is 23.8 Å². The fourth-order valence-corrected chi connectivity index (χ4v) is 2.04. The number of anilines is 1. The molecule has 23 heavy (non-hydrogen) atoms. The Morgan fingerprint density at radius 1 is 1.22 bits per heavy atom. The van der Waals surface area contributed by atoms with Crippen molar-refractivity contribution in [3.63, 3.8) is 0 Å². The van der Waals surface area contributed by atoms with Crippen molar-refractivity contribution in [3.8, 4) is 5.75 Å². The molecule has 2 aromatic carbocycles. The van der Waals surface area contributed by atoms with Crippen molar-refractivity contribution in [2.75, 3.05) is 19.5 Å². The third-order valence-corrected chi connectivity index (χ3v) is 3.13. The van der Waals surface area contributed by atoms with E-state index < -0.39 is 11.9 Å². The maximum atomic E-state index is 12.3. The highest BCUT2D eigenvalue weighted by Gasteiger charge is 2.14. The van der Waals surface area contributed by atoms with Crippen LogP contribution in [-0.2, 0) is 0 Å². The Hall–Kier alpha value is -3.15. The van der Waals surface area contributed by atoms with Gasteiger partial charge in [-0.25, -0.2) is 4.79 Å². The zero-order valence-electron chi connectivity index (χ0n) is 12.7. The number of carboxylic acids is 1. The van der Waals surface area contributed by atoms with E-state index in [0.29, 0.717) is 16.9 Å². The van der Waals surface area contributed by atoms with E-state index in [0.717, 1.165) is 0 Å². The lowest BCUT2D eigenvalue weighted by Gasteiger charge is -2.10. The van der Waals surface area contributed by atoms with E-state index in [2.05, 4.69) is 10.3 Å². The zero-order valence-corrected chi connectivity index (χ0v) is 12.7. The second-order valence-corrected chi connectivity index (χ2v) is 4.68. The number of aromatic carboxylic acids is 1. The van der Waals surface area contributed by atoms with Gasteiger partial charge in [-0.05, 0) is 35.9 Å². The van der Waals surface area contributed by atoms with Crippen LogP contribution in [0.5, 0.6) is 5.75 Å². The molecule has 0 saturated carbocycles. The number of nitrogens with zero attached hydrogens (tertiary/aromatic N) is 1. The van der Waals surface area contributed by atoms with Gasteiger partial charge in [-0.2, -0.15) is 0 Å². The van der Waals surface area contributed by atoms with Crippen molar-refractivity contribution in [1.29, 1.82) is 0 Å². The fraction of sp³-hybridized carbons (Fsp3) is 0.118. The molecule has 0 aliphatic heterocycles. The second-order valence-electron chi connectivity index (χ2n) is 4.68. The molecule has 0 aromatic heterocycles. The number of hydrogen-bond donors (Lipinski definition) is 2. The van der Waals surface area contributed by atoms with Gasteiger partial charge in [0.15, 0.2) is 0 Å². The van der Waals surface area contributed by atoms with Crippen molar-refractivity contribution in [2.24, 2.45) is 4.99 Å². The van der Waals surface area contributed by atoms with E-state index in [4.69, 9.17) is 4.74 Å². The van der Waals surface area contributed by atoms with Crippen LogP contribution in [-0.4, -0.2) is 37.4 Å². The molecule has 6 nitrogen and oxygen atoms in total. The van der Waals surface area contributed by atoms with Crippen molar-refractivity contribution in [1.82, 2.24) is 0 Å². The first-order chi connectivity index (χ1) is 11.0. The van der Waals surface area contributed by atoms with Gasteiger partial charge in [-0.1, -0.05) is 12.1 Å². The molecule has 0 fully saturated rings. The van der Waals surface area contributed by atoms with E-state index in [1.807, 2.05) is 0 Å². The average Bonchev–Trinajstić information content (AvgIpc) is 2.56. The molecule has 0 saturated heterocycles. The number of ether oxygens (including phenoxy) is 1. The molecule has 2 N–H and O–H groups in total. The topological polar surface area (TPSA) is 88.0 Å². The lowest BCUT2D eigenvalue weighted by Crippen LogP contribution is -2.15. The van der Waals surface area contributed by atoms with Gasteiger partial charge in [0, 0.05) is 18.8 Å². The zero-order chi connectivity index (χ0) is 16.8. The summed E-state index contributed by atoms with van der Waals surface area (Å²) in [6.07, 6.45) is 1.54. The highest BCUT2D eigenvalue weighted by atomic mass is 16.5. The molecular formula is C17H16N2O4. The highest BCUT2D eigenvalue weighted by molar-refractivity contribution is 6.08. The summed E-state index contributed by atoms with van der Waals surface area (Å²) in [5.74, 6) is -0.994. The number of amides is 1. The minimum absolute atomic E-state index is 0.00125. The average molecular weight is 312 g/mol. The molecule has 0 radical (unpaired) electrons. The van der Waals surface area contributed by atoms with Crippen molar-refractivity contribution < 1.29 is 19.4 Å². The number of rotatable bonds is 5. The third kappa shape index (κ3) is 3.94. The summed E-state index contributed by atoms with van der Waals surface area (Å²) in [7, 11) is 3.10.